The number of halogens is 2. The molecule has 3 atom stereocenters. The molecule has 0 N–H and O–H groups in total. The van der Waals surface area contributed by atoms with Gasteiger partial charge in [0.05, 0.1) is 32.2 Å². The van der Waals surface area contributed by atoms with E-state index in [2.05, 4.69) is 20.0 Å². The van der Waals surface area contributed by atoms with Crippen molar-refractivity contribution in [2.45, 2.75) is 6.04 Å². The van der Waals surface area contributed by atoms with Crippen molar-refractivity contribution in [2.75, 3.05) is 37.8 Å². The van der Waals surface area contributed by atoms with E-state index in [0.717, 1.165) is 36.1 Å². The van der Waals surface area contributed by atoms with Crippen molar-refractivity contribution in [1.29, 1.82) is 0 Å². The lowest BCUT2D eigenvalue weighted by Gasteiger charge is -2.26. The molecule has 5 heterocycles. The van der Waals surface area contributed by atoms with Crippen LogP contribution in [0.2, 0.25) is 0 Å². The van der Waals surface area contributed by atoms with Gasteiger partial charge in [-0.2, -0.15) is 9.49 Å². The SMILES string of the molecule is Fc1ccnc(OC[C@H]2[C@H]3CN(c4cnc5cnn(C6COC6)c5n4)C[C@@H]23)c1F. The van der Waals surface area contributed by atoms with Gasteiger partial charge in [-0.1, -0.05) is 0 Å². The minimum atomic E-state index is -1.03. The molecule has 2 saturated heterocycles. The van der Waals surface area contributed by atoms with Crippen LogP contribution in [0.3, 0.4) is 0 Å². The fourth-order valence-electron chi connectivity index (χ4n) is 4.36. The number of rotatable bonds is 5. The Hall–Kier alpha value is -2.88. The lowest BCUT2D eigenvalue weighted by molar-refractivity contribution is -0.0269. The highest BCUT2D eigenvalue weighted by molar-refractivity contribution is 5.71. The summed E-state index contributed by atoms with van der Waals surface area (Å²) in [7, 11) is 0. The number of pyridine rings is 1. The second-order valence-corrected chi connectivity index (χ2v) is 7.84. The maximum atomic E-state index is 13.7. The van der Waals surface area contributed by atoms with Gasteiger partial charge >= 0.3 is 0 Å². The van der Waals surface area contributed by atoms with Gasteiger partial charge in [-0.15, -0.1) is 0 Å². The third-order valence-corrected chi connectivity index (χ3v) is 6.17. The highest BCUT2D eigenvalue weighted by atomic mass is 19.2. The average molecular weight is 400 g/mol. The molecule has 29 heavy (non-hydrogen) atoms. The molecule has 0 aromatic carbocycles. The fourth-order valence-corrected chi connectivity index (χ4v) is 4.36. The molecular formula is C19H18F2N6O2. The van der Waals surface area contributed by atoms with Crippen LogP contribution in [0.25, 0.3) is 11.2 Å². The molecule has 1 aliphatic carbocycles. The van der Waals surface area contributed by atoms with E-state index in [0.29, 0.717) is 37.6 Å². The van der Waals surface area contributed by atoms with E-state index in [-0.39, 0.29) is 11.9 Å². The predicted molar refractivity (Wildman–Crippen MR) is 97.5 cm³/mol. The van der Waals surface area contributed by atoms with Crippen LogP contribution < -0.4 is 9.64 Å². The zero-order chi connectivity index (χ0) is 19.5. The third-order valence-electron chi connectivity index (χ3n) is 6.17. The smallest absolute Gasteiger partial charge is 0.253 e. The quantitative estimate of drug-likeness (QED) is 0.647. The molecule has 1 saturated carbocycles. The van der Waals surface area contributed by atoms with Gasteiger partial charge in [-0.3, -0.25) is 0 Å². The van der Waals surface area contributed by atoms with Crippen molar-refractivity contribution in [3.63, 3.8) is 0 Å². The van der Waals surface area contributed by atoms with Crippen molar-refractivity contribution in [1.82, 2.24) is 24.7 Å². The zero-order valence-electron chi connectivity index (χ0n) is 15.4. The molecule has 3 aromatic rings. The molecular weight excluding hydrogens is 382 g/mol. The molecule has 3 aliphatic rings. The largest absolute Gasteiger partial charge is 0.475 e. The summed E-state index contributed by atoms with van der Waals surface area (Å²) in [5, 5.41) is 4.40. The first-order chi connectivity index (χ1) is 14.2. The maximum Gasteiger partial charge on any atom is 0.253 e. The Balaban J connectivity index is 1.12. The van der Waals surface area contributed by atoms with Crippen LogP contribution in [0, 0.1) is 29.4 Å². The number of hydrogen-bond donors (Lipinski definition) is 0. The maximum absolute atomic E-state index is 13.7. The summed E-state index contributed by atoms with van der Waals surface area (Å²) in [4.78, 5) is 15.3. The van der Waals surface area contributed by atoms with Crippen molar-refractivity contribution in [2.24, 2.45) is 17.8 Å². The highest BCUT2D eigenvalue weighted by Crippen LogP contribution is 2.52. The fraction of sp³-hybridized carbons (Fsp3) is 0.474. The molecule has 8 nitrogen and oxygen atoms in total. The molecule has 150 valence electrons. The minimum absolute atomic E-state index is 0.224. The Morgan fingerprint density at radius 1 is 1.14 bits per heavy atom. The zero-order valence-corrected chi connectivity index (χ0v) is 15.4. The molecule has 0 spiro atoms. The summed E-state index contributed by atoms with van der Waals surface area (Å²) in [5.74, 6) is -0.176. The predicted octanol–water partition coefficient (Wildman–Crippen LogP) is 1.83. The van der Waals surface area contributed by atoms with Gasteiger partial charge < -0.3 is 14.4 Å². The van der Waals surface area contributed by atoms with Crippen LogP contribution in [0.1, 0.15) is 6.04 Å². The van der Waals surface area contributed by atoms with E-state index in [1.807, 2.05) is 4.68 Å². The summed E-state index contributed by atoms with van der Waals surface area (Å²) in [6, 6.07) is 1.20. The molecule has 3 fully saturated rings. The summed E-state index contributed by atoms with van der Waals surface area (Å²) < 4.78 is 39.5. The van der Waals surface area contributed by atoms with Gasteiger partial charge in [0.25, 0.3) is 5.88 Å². The topological polar surface area (TPSA) is 78.2 Å². The van der Waals surface area contributed by atoms with Crippen LogP contribution >= 0.6 is 0 Å². The van der Waals surface area contributed by atoms with Crippen LogP contribution in [-0.2, 0) is 4.74 Å². The number of fused-ring (bicyclic) bond motifs is 2. The van der Waals surface area contributed by atoms with Gasteiger partial charge in [0, 0.05) is 25.2 Å². The first kappa shape index (κ1) is 17.0. The summed E-state index contributed by atoms with van der Waals surface area (Å²) in [6.45, 7) is 3.34. The summed E-state index contributed by atoms with van der Waals surface area (Å²) in [6.07, 6.45) is 4.73. The first-order valence-electron chi connectivity index (χ1n) is 9.65. The number of ether oxygens (including phenoxy) is 2. The Morgan fingerprint density at radius 3 is 2.72 bits per heavy atom. The van der Waals surface area contributed by atoms with E-state index >= 15 is 0 Å². The van der Waals surface area contributed by atoms with Crippen molar-refractivity contribution in [3.8, 4) is 5.88 Å². The Bertz CT molecular complexity index is 1080. The third kappa shape index (κ3) is 2.73. The first-order valence-corrected chi connectivity index (χ1v) is 9.65. The van der Waals surface area contributed by atoms with E-state index < -0.39 is 11.6 Å². The molecule has 6 rings (SSSR count). The number of anilines is 1. The standard InChI is InChI=1S/C19H18F2N6O2/c20-14-1-2-22-19(17(14)21)29-9-13-11-5-26(6-12(11)13)16-4-23-15-3-24-27(18(15)25-16)10-7-28-8-10/h1-4,10-13H,5-9H2/t11-,12+,13-. The second-order valence-electron chi connectivity index (χ2n) is 7.84. The van der Waals surface area contributed by atoms with E-state index in [4.69, 9.17) is 14.5 Å². The van der Waals surface area contributed by atoms with Crippen molar-refractivity contribution in [3.05, 3.63) is 36.3 Å². The number of aromatic nitrogens is 5. The number of nitrogens with zero attached hydrogens (tertiary/aromatic N) is 6. The van der Waals surface area contributed by atoms with Crippen LogP contribution in [0.5, 0.6) is 5.88 Å². The van der Waals surface area contributed by atoms with Crippen LogP contribution in [-0.4, -0.2) is 57.6 Å². The van der Waals surface area contributed by atoms with Gasteiger partial charge in [0.1, 0.15) is 17.4 Å². The Kier molecular flexibility index (Phi) is 3.70. The lowest BCUT2D eigenvalue weighted by atomic mass is 10.2. The molecule has 3 aromatic heterocycles. The van der Waals surface area contributed by atoms with Gasteiger partial charge in [-0.25, -0.2) is 24.0 Å². The van der Waals surface area contributed by atoms with Crippen molar-refractivity contribution < 1.29 is 18.3 Å². The van der Waals surface area contributed by atoms with E-state index in [1.54, 1.807) is 12.4 Å². The van der Waals surface area contributed by atoms with Gasteiger partial charge in [-0.05, 0) is 17.9 Å². The molecule has 0 unspecified atom stereocenters. The molecule has 10 heteroatoms. The number of piperidine rings is 1. The highest BCUT2D eigenvalue weighted by Gasteiger charge is 2.56. The number of hydrogen-bond acceptors (Lipinski definition) is 7. The summed E-state index contributed by atoms with van der Waals surface area (Å²) in [5.41, 5.74) is 1.56. The second kappa shape index (κ2) is 6.31. The Morgan fingerprint density at radius 2 is 1.97 bits per heavy atom. The summed E-state index contributed by atoms with van der Waals surface area (Å²) >= 11 is 0. The van der Waals surface area contributed by atoms with E-state index in [1.165, 1.54) is 6.20 Å². The van der Waals surface area contributed by atoms with Crippen LogP contribution in [0.4, 0.5) is 14.6 Å². The average Bonchev–Trinajstić information content (AvgIpc) is 3.03. The molecule has 0 amide bonds. The monoisotopic (exact) mass is 400 g/mol. The Labute approximate surface area is 164 Å². The molecule has 2 aliphatic heterocycles. The van der Waals surface area contributed by atoms with Gasteiger partial charge in [0.2, 0.25) is 5.82 Å². The minimum Gasteiger partial charge on any atom is -0.475 e. The van der Waals surface area contributed by atoms with E-state index in [9.17, 15) is 8.78 Å². The molecule has 0 radical (unpaired) electrons. The van der Waals surface area contributed by atoms with Gasteiger partial charge in [0.15, 0.2) is 11.5 Å². The van der Waals surface area contributed by atoms with Crippen molar-refractivity contribution >= 4 is 17.0 Å². The molecule has 0 bridgehead atoms. The van der Waals surface area contributed by atoms with Crippen LogP contribution in [0.15, 0.2) is 24.7 Å². The lowest BCUT2D eigenvalue weighted by Crippen LogP contribution is -2.31. The normalized spacial score (nSPS) is 25.9.